The van der Waals surface area contributed by atoms with Crippen LogP contribution in [0.15, 0.2) is 53.4 Å². The summed E-state index contributed by atoms with van der Waals surface area (Å²) in [5.74, 6) is 1.64. The Hall–Kier alpha value is -2.34. The van der Waals surface area contributed by atoms with Crippen LogP contribution in [-0.2, 0) is 17.1 Å². The maximum atomic E-state index is 12.4. The van der Waals surface area contributed by atoms with Crippen molar-refractivity contribution in [1.29, 1.82) is 0 Å². The first kappa shape index (κ1) is 14.3. The van der Waals surface area contributed by atoms with E-state index in [9.17, 15) is 8.42 Å². The summed E-state index contributed by atoms with van der Waals surface area (Å²) in [4.78, 5) is 4.92. The van der Waals surface area contributed by atoms with Gasteiger partial charge in [-0.05, 0) is 43.2 Å². The van der Waals surface area contributed by atoms with Gasteiger partial charge in [-0.25, -0.2) is 13.4 Å². The van der Waals surface area contributed by atoms with E-state index < -0.39 is 10.0 Å². The molecule has 1 N–H and O–H groups in total. The Morgan fingerprint density at radius 3 is 2.57 bits per heavy atom. The molecule has 23 heavy (non-hydrogen) atoms. The summed E-state index contributed by atoms with van der Waals surface area (Å²) in [6.45, 7) is 0. The molecule has 0 spiro atoms. The minimum absolute atomic E-state index is 0.250. The number of aryl methyl sites for hydroxylation is 1. The van der Waals surface area contributed by atoms with Crippen LogP contribution in [0.5, 0.6) is 0 Å². The van der Waals surface area contributed by atoms with Gasteiger partial charge >= 0.3 is 0 Å². The number of hydrogen-bond donors (Lipinski definition) is 1. The summed E-state index contributed by atoms with van der Waals surface area (Å²) >= 11 is 0. The molecule has 0 atom stereocenters. The molecule has 0 amide bonds. The molecule has 5 nitrogen and oxygen atoms in total. The van der Waals surface area contributed by atoms with E-state index >= 15 is 0 Å². The van der Waals surface area contributed by atoms with Crippen molar-refractivity contribution in [3.05, 3.63) is 54.4 Å². The molecule has 0 radical (unpaired) electrons. The lowest BCUT2D eigenvalue weighted by Crippen LogP contribution is -2.12. The van der Waals surface area contributed by atoms with Gasteiger partial charge in [0.15, 0.2) is 0 Å². The van der Waals surface area contributed by atoms with Gasteiger partial charge in [0, 0.05) is 13.0 Å². The number of hydrogen-bond acceptors (Lipinski definition) is 3. The third-order valence-electron chi connectivity index (χ3n) is 4.16. The Morgan fingerprint density at radius 2 is 1.87 bits per heavy atom. The molecule has 0 bridgehead atoms. The Bertz CT molecular complexity index is 974. The number of sulfonamides is 1. The minimum Gasteiger partial charge on any atom is -0.331 e. The Balaban J connectivity index is 1.70. The lowest BCUT2D eigenvalue weighted by molar-refractivity contribution is 0.601. The maximum Gasteiger partial charge on any atom is 0.261 e. The highest BCUT2D eigenvalue weighted by Crippen LogP contribution is 2.40. The van der Waals surface area contributed by atoms with Crippen LogP contribution in [-0.4, -0.2) is 18.0 Å². The summed E-state index contributed by atoms with van der Waals surface area (Å²) in [5.41, 5.74) is 2.37. The first-order valence-corrected chi connectivity index (χ1v) is 9.07. The molecule has 1 saturated carbocycles. The van der Waals surface area contributed by atoms with E-state index in [-0.39, 0.29) is 4.90 Å². The number of imidazole rings is 1. The van der Waals surface area contributed by atoms with Crippen LogP contribution in [0.25, 0.3) is 11.0 Å². The summed E-state index contributed by atoms with van der Waals surface area (Å²) in [5, 5.41) is 0. The molecule has 6 heteroatoms. The van der Waals surface area contributed by atoms with Gasteiger partial charge < -0.3 is 4.57 Å². The van der Waals surface area contributed by atoms with Crippen molar-refractivity contribution in [2.75, 3.05) is 4.72 Å². The van der Waals surface area contributed by atoms with Crippen molar-refractivity contribution >= 4 is 26.7 Å². The largest absolute Gasteiger partial charge is 0.331 e. The second-order valence-electron chi connectivity index (χ2n) is 5.93. The van der Waals surface area contributed by atoms with Gasteiger partial charge in [0.25, 0.3) is 10.0 Å². The van der Waals surface area contributed by atoms with Gasteiger partial charge in [-0.2, -0.15) is 0 Å². The van der Waals surface area contributed by atoms with Crippen LogP contribution in [0.4, 0.5) is 5.69 Å². The molecule has 0 aliphatic heterocycles. The molecule has 4 rings (SSSR count). The van der Waals surface area contributed by atoms with Crippen LogP contribution in [0.1, 0.15) is 24.6 Å². The summed E-state index contributed by atoms with van der Waals surface area (Å²) in [6.07, 6.45) is 2.37. The van der Waals surface area contributed by atoms with Crippen molar-refractivity contribution in [3.63, 3.8) is 0 Å². The number of anilines is 1. The first-order chi connectivity index (χ1) is 11.0. The normalized spacial score (nSPS) is 15.0. The van der Waals surface area contributed by atoms with E-state index in [0.29, 0.717) is 11.6 Å². The molecule has 0 unspecified atom stereocenters. The van der Waals surface area contributed by atoms with E-state index in [2.05, 4.69) is 14.3 Å². The summed E-state index contributed by atoms with van der Waals surface area (Å²) < 4.78 is 29.5. The average molecular weight is 327 g/mol. The smallest absolute Gasteiger partial charge is 0.261 e. The van der Waals surface area contributed by atoms with E-state index in [0.717, 1.165) is 16.9 Å². The van der Waals surface area contributed by atoms with Crippen molar-refractivity contribution < 1.29 is 8.42 Å². The molecule has 118 valence electrons. The lowest BCUT2D eigenvalue weighted by Gasteiger charge is -2.08. The van der Waals surface area contributed by atoms with Crippen molar-refractivity contribution in [1.82, 2.24) is 9.55 Å². The fourth-order valence-corrected chi connectivity index (χ4v) is 3.87. The number of rotatable bonds is 4. The maximum absolute atomic E-state index is 12.4. The molecule has 1 aliphatic rings. The number of benzene rings is 2. The molecule has 1 aliphatic carbocycles. The van der Waals surface area contributed by atoms with Crippen LogP contribution in [0, 0.1) is 0 Å². The minimum atomic E-state index is -3.57. The highest BCUT2D eigenvalue weighted by Gasteiger charge is 2.28. The Kier molecular flexibility index (Phi) is 3.16. The van der Waals surface area contributed by atoms with Crippen molar-refractivity contribution in [2.24, 2.45) is 7.05 Å². The molecular weight excluding hydrogens is 310 g/mol. The van der Waals surface area contributed by atoms with Crippen LogP contribution < -0.4 is 4.72 Å². The second kappa shape index (κ2) is 5.09. The fraction of sp³-hybridized carbons (Fsp3) is 0.235. The third kappa shape index (κ3) is 2.59. The molecule has 3 aromatic rings. The third-order valence-corrected chi connectivity index (χ3v) is 5.56. The van der Waals surface area contributed by atoms with Gasteiger partial charge in [-0.1, -0.05) is 18.2 Å². The Morgan fingerprint density at radius 1 is 1.13 bits per heavy atom. The first-order valence-electron chi connectivity index (χ1n) is 7.59. The standard InChI is InChI=1S/C17H17N3O2S/c1-20-16-10-9-13(11-15(16)18-17(20)12-7-8-12)19-23(21,22)14-5-3-2-4-6-14/h2-6,9-12,19H,7-8H2,1H3. The van der Waals surface area contributed by atoms with E-state index in [1.54, 1.807) is 42.5 Å². The zero-order valence-electron chi connectivity index (χ0n) is 12.7. The van der Waals surface area contributed by atoms with Crippen LogP contribution >= 0.6 is 0 Å². The molecule has 2 aromatic carbocycles. The predicted molar refractivity (Wildman–Crippen MR) is 89.9 cm³/mol. The summed E-state index contributed by atoms with van der Waals surface area (Å²) in [7, 11) is -1.56. The van der Waals surface area contributed by atoms with Gasteiger partial charge in [-0.3, -0.25) is 4.72 Å². The Labute approximate surface area is 135 Å². The highest BCUT2D eigenvalue weighted by atomic mass is 32.2. The number of nitrogens with one attached hydrogen (secondary N) is 1. The SMILES string of the molecule is Cn1c(C2CC2)nc2cc(NS(=O)(=O)c3ccccc3)ccc21. The van der Waals surface area contributed by atoms with E-state index in [1.165, 1.54) is 12.8 Å². The monoisotopic (exact) mass is 327 g/mol. The second-order valence-corrected chi connectivity index (χ2v) is 7.61. The van der Waals surface area contributed by atoms with Crippen molar-refractivity contribution in [3.8, 4) is 0 Å². The van der Waals surface area contributed by atoms with Crippen LogP contribution in [0.3, 0.4) is 0 Å². The molecule has 0 saturated heterocycles. The average Bonchev–Trinajstić information content (AvgIpc) is 3.33. The number of aromatic nitrogens is 2. The van der Waals surface area contributed by atoms with Gasteiger partial charge in [0.2, 0.25) is 0 Å². The highest BCUT2D eigenvalue weighted by molar-refractivity contribution is 7.92. The van der Waals surface area contributed by atoms with Gasteiger partial charge in [0.05, 0.1) is 21.6 Å². The predicted octanol–water partition coefficient (Wildman–Crippen LogP) is 3.25. The topological polar surface area (TPSA) is 64.0 Å². The quantitative estimate of drug-likeness (QED) is 0.800. The van der Waals surface area contributed by atoms with Crippen molar-refractivity contribution in [2.45, 2.75) is 23.7 Å². The number of nitrogens with zero attached hydrogens (tertiary/aromatic N) is 2. The zero-order chi connectivity index (χ0) is 16.0. The van der Waals surface area contributed by atoms with Gasteiger partial charge in [0.1, 0.15) is 5.82 Å². The van der Waals surface area contributed by atoms with E-state index in [4.69, 9.17) is 0 Å². The lowest BCUT2D eigenvalue weighted by atomic mass is 10.3. The zero-order valence-corrected chi connectivity index (χ0v) is 13.5. The molecular formula is C17H17N3O2S. The fourth-order valence-electron chi connectivity index (χ4n) is 2.80. The summed E-state index contributed by atoms with van der Waals surface area (Å²) in [6, 6.07) is 13.8. The van der Waals surface area contributed by atoms with Crippen LogP contribution in [0.2, 0.25) is 0 Å². The van der Waals surface area contributed by atoms with E-state index in [1.807, 2.05) is 13.1 Å². The molecule has 1 aromatic heterocycles. The molecule has 1 fully saturated rings. The van der Waals surface area contributed by atoms with Gasteiger partial charge in [-0.15, -0.1) is 0 Å². The molecule has 1 heterocycles. The number of fused-ring (bicyclic) bond motifs is 1.